The molecular formula is C51H31N3O2. The zero-order valence-corrected chi connectivity index (χ0v) is 30.1. The third-order valence-electron chi connectivity index (χ3n) is 10.6. The highest BCUT2D eigenvalue weighted by molar-refractivity contribution is 6.21. The second-order valence-electron chi connectivity index (χ2n) is 13.9. The van der Waals surface area contributed by atoms with Crippen molar-refractivity contribution in [1.29, 1.82) is 0 Å². The fraction of sp³-hybridized carbons (Fsp3) is 0. The Labute approximate surface area is 322 Å². The van der Waals surface area contributed by atoms with Crippen LogP contribution in [-0.2, 0) is 0 Å². The fourth-order valence-electron chi connectivity index (χ4n) is 7.92. The van der Waals surface area contributed by atoms with Crippen molar-refractivity contribution in [3.8, 4) is 67.5 Å². The average Bonchev–Trinajstić information content (AvgIpc) is 3.86. The number of fused-ring (bicyclic) bond motifs is 6. The molecule has 3 heterocycles. The molecular weight excluding hydrogens is 687 g/mol. The lowest BCUT2D eigenvalue weighted by atomic mass is 9.93. The lowest BCUT2D eigenvalue weighted by molar-refractivity contribution is 0.668. The predicted molar refractivity (Wildman–Crippen MR) is 227 cm³/mol. The van der Waals surface area contributed by atoms with Crippen molar-refractivity contribution in [2.75, 3.05) is 0 Å². The van der Waals surface area contributed by atoms with Crippen molar-refractivity contribution < 1.29 is 8.83 Å². The summed E-state index contributed by atoms with van der Waals surface area (Å²) in [5.41, 5.74) is 12.3. The van der Waals surface area contributed by atoms with Crippen molar-refractivity contribution in [3.05, 3.63) is 188 Å². The third-order valence-corrected chi connectivity index (χ3v) is 10.6. The summed E-state index contributed by atoms with van der Waals surface area (Å²) in [6.45, 7) is 0. The van der Waals surface area contributed by atoms with Crippen molar-refractivity contribution in [2.45, 2.75) is 0 Å². The van der Waals surface area contributed by atoms with Crippen LogP contribution >= 0.6 is 0 Å². The van der Waals surface area contributed by atoms with E-state index in [2.05, 4.69) is 146 Å². The van der Waals surface area contributed by atoms with Crippen LogP contribution in [-0.4, -0.2) is 15.0 Å². The van der Waals surface area contributed by atoms with Gasteiger partial charge in [0.15, 0.2) is 17.5 Å². The number of nitrogens with zero attached hydrogens (tertiary/aromatic N) is 3. The molecule has 0 spiro atoms. The van der Waals surface area contributed by atoms with E-state index < -0.39 is 0 Å². The van der Waals surface area contributed by atoms with Gasteiger partial charge in [0.1, 0.15) is 22.3 Å². The molecule has 0 bridgehead atoms. The van der Waals surface area contributed by atoms with E-state index in [0.29, 0.717) is 23.1 Å². The van der Waals surface area contributed by atoms with Gasteiger partial charge in [-0.05, 0) is 69.8 Å². The van der Waals surface area contributed by atoms with Gasteiger partial charge in [0.2, 0.25) is 0 Å². The standard InChI is InChI=1S/C51H31N3O2/c1-3-14-32(15-4-1)34-18-11-20-36(30-34)49-52-50(37-21-12-19-35(31-37)33-16-5-2-6-17-33)54-51(53-49)42-29-28-39(47-41-23-8-10-26-44(41)56-48(42)47)38-24-13-27-45-46(38)40-22-7-9-25-43(40)55-45/h1-31H. The first kappa shape index (κ1) is 31.9. The van der Waals surface area contributed by atoms with Gasteiger partial charge in [0, 0.05) is 32.7 Å². The van der Waals surface area contributed by atoms with E-state index in [4.69, 9.17) is 23.8 Å². The summed E-state index contributed by atoms with van der Waals surface area (Å²) in [6.07, 6.45) is 0. The van der Waals surface area contributed by atoms with Gasteiger partial charge in [0.25, 0.3) is 0 Å². The minimum Gasteiger partial charge on any atom is -0.456 e. The summed E-state index contributed by atoms with van der Waals surface area (Å²) >= 11 is 0. The molecule has 0 N–H and O–H groups in total. The molecule has 0 atom stereocenters. The van der Waals surface area contributed by atoms with Crippen molar-refractivity contribution in [1.82, 2.24) is 15.0 Å². The van der Waals surface area contributed by atoms with Gasteiger partial charge in [-0.2, -0.15) is 0 Å². The van der Waals surface area contributed by atoms with Crippen molar-refractivity contribution in [3.63, 3.8) is 0 Å². The highest BCUT2D eigenvalue weighted by Crippen LogP contribution is 2.45. The minimum atomic E-state index is 0.530. The van der Waals surface area contributed by atoms with E-state index in [1.807, 2.05) is 42.5 Å². The first-order valence-corrected chi connectivity index (χ1v) is 18.7. The van der Waals surface area contributed by atoms with Crippen LogP contribution in [0.2, 0.25) is 0 Å². The molecule has 0 aliphatic rings. The molecule has 5 nitrogen and oxygen atoms in total. The molecule has 3 aromatic heterocycles. The Hall–Kier alpha value is -7.63. The Morgan fingerprint density at radius 2 is 0.732 bits per heavy atom. The molecule has 0 amide bonds. The molecule has 11 aromatic rings. The van der Waals surface area contributed by atoms with Gasteiger partial charge < -0.3 is 8.83 Å². The molecule has 8 aromatic carbocycles. The fourth-order valence-corrected chi connectivity index (χ4v) is 7.92. The summed E-state index contributed by atoms with van der Waals surface area (Å²) in [4.78, 5) is 15.6. The SMILES string of the molecule is c1ccc(-c2cccc(-c3nc(-c4cccc(-c5ccccc5)c4)nc(-c4ccc(-c5cccc6oc7ccccc7c56)c5c4oc4ccccc45)n3)c2)cc1. The van der Waals surface area contributed by atoms with Crippen LogP contribution in [0, 0.1) is 0 Å². The van der Waals surface area contributed by atoms with E-state index in [1.165, 1.54) is 0 Å². The third kappa shape index (κ3) is 5.37. The number of para-hydroxylation sites is 2. The maximum atomic E-state index is 6.80. The summed E-state index contributed by atoms with van der Waals surface area (Å²) in [5, 5.41) is 4.16. The van der Waals surface area contributed by atoms with Crippen LogP contribution in [0.1, 0.15) is 0 Å². The van der Waals surface area contributed by atoms with Gasteiger partial charge >= 0.3 is 0 Å². The number of hydrogen-bond acceptors (Lipinski definition) is 5. The molecule has 0 fully saturated rings. The van der Waals surface area contributed by atoms with Gasteiger partial charge in [-0.3, -0.25) is 0 Å². The average molecular weight is 718 g/mol. The van der Waals surface area contributed by atoms with Crippen LogP contribution in [0.3, 0.4) is 0 Å². The second-order valence-corrected chi connectivity index (χ2v) is 13.9. The van der Waals surface area contributed by atoms with Gasteiger partial charge in [-0.25, -0.2) is 15.0 Å². The lowest BCUT2D eigenvalue weighted by Crippen LogP contribution is -2.01. The van der Waals surface area contributed by atoms with E-state index in [-0.39, 0.29) is 0 Å². The largest absolute Gasteiger partial charge is 0.456 e. The Bertz CT molecular complexity index is 3150. The topological polar surface area (TPSA) is 65.0 Å². The molecule has 0 radical (unpaired) electrons. The lowest BCUT2D eigenvalue weighted by Gasteiger charge is -2.12. The zero-order valence-electron chi connectivity index (χ0n) is 30.1. The first-order valence-electron chi connectivity index (χ1n) is 18.7. The number of rotatable bonds is 6. The van der Waals surface area contributed by atoms with Gasteiger partial charge in [-0.15, -0.1) is 0 Å². The highest BCUT2D eigenvalue weighted by Gasteiger charge is 2.23. The maximum Gasteiger partial charge on any atom is 0.167 e. The Morgan fingerprint density at radius 3 is 1.38 bits per heavy atom. The van der Waals surface area contributed by atoms with Crippen LogP contribution in [0.15, 0.2) is 197 Å². The summed E-state index contributed by atoms with van der Waals surface area (Å²) in [6, 6.07) is 64.4. The summed E-state index contributed by atoms with van der Waals surface area (Å²) in [7, 11) is 0. The number of benzene rings is 8. The Balaban J connectivity index is 1.16. The zero-order chi connectivity index (χ0) is 37.0. The molecule has 11 rings (SSSR count). The quantitative estimate of drug-likeness (QED) is 0.171. The van der Waals surface area contributed by atoms with Gasteiger partial charge in [0.05, 0.1) is 5.56 Å². The molecule has 0 saturated heterocycles. The van der Waals surface area contributed by atoms with Crippen LogP contribution in [0.5, 0.6) is 0 Å². The molecule has 262 valence electrons. The monoisotopic (exact) mass is 717 g/mol. The number of aromatic nitrogens is 3. The maximum absolute atomic E-state index is 6.80. The van der Waals surface area contributed by atoms with Crippen molar-refractivity contribution in [2.24, 2.45) is 0 Å². The smallest absolute Gasteiger partial charge is 0.167 e. The highest BCUT2D eigenvalue weighted by atomic mass is 16.3. The van der Waals surface area contributed by atoms with E-state index >= 15 is 0 Å². The molecule has 0 unspecified atom stereocenters. The normalized spacial score (nSPS) is 11.6. The van der Waals surface area contributed by atoms with E-state index in [1.54, 1.807) is 0 Å². The minimum absolute atomic E-state index is 0.530. The van der Waals surface area contributed by atoms with E-state index in [9.17, 15) is 0 Å². The summed E-state index contributed by atoms with van der Waals surface area (Å²) in [5.74, 6) is 1.69. The first-order chi connectivity index (χ1) is 27.7. The number of hydrogen-bond donors (Lipinski definition) is 0. The van der Waals surface area contributed by atoms with Crippen molar-refractivity contribution >= 4 is 43.9 Å². The van der Waals surface area contributed by atoms with Crippen LogP contribution in [0.4, 0.5) is 0 Å². The predicted octanol–water partition coefficient (Wildman–Crippen LogP) is 13.7. The molecule has 0 aliphatic heterocycles. The van der Waals surface area contributed by atoms with Crippen LogP contribution in [0.25, 0.3) is 111 Å². The summed E-state index contributed by atoms with van der Waals surface area (Å²) < 4.78 is 13.1. The molecule has 5 heteroatoms. The molecule has 56 heavy (non-hydrogen) atoms. The van der Waals surface area contributed by atoms with E-state index in [0.717, 1.165) is 88.4 Å². The molecule has 0 aliphatic carbocycles. The second kappa shape index (κ2) is 13.0. The van der Waals surface area contributed by atoms with Crippen LogP contribution < -0.4 is 0 Å². The number of furan rings is 2. The Morgan fingerprint density at radius 1 is 0.286 bits per heavy atom. The Kier molecular flexibility index (Phi) is 7.42. The molecule has 0 saturated carbocycles. The van der Waals surface area contributed by atoms with Gasteiger partial charge in [-0.1, -0.05) is 152 Å².